The quantitative estimate of drug-likeness (QED) is 0.728. The van der Waals surface area contributed by atoms with E-state index in [-0.39, 0.29) is 11.7 Å². The van der Waals surface area contributed by atoms with Crippen LogP contribution < -0.4 is 11.3 Å². The van der Waals surface area contributed by atoms with Crippen LogP contribution in [-0.2, 0) is 0 Å². The molecule has 0 heterocycles. The molecule has 72 valence electrons. The maximum absolute atomic E-state index is 11.0. The number of quaternary nitrogens is 1. The largest absolute Gasteiger partial charge is 0.872 e. The van der Waals surface area contributed by atoms with E-state index < -0.39 is 11.7 Å². The number of hydrogen-bond acceptors (Lipinski definition) is 2. The summed E-state index contributed by atoms with van der Waals surface area (Å²) in [5.41, 5.74) is 0.0687. The van der Waals surface area contributed by atoms with Gasteiger partial charge in [0.05, 0.1) is 5.56 Å². The molecule has 4 nitrogen and oxygen atoms in total. The average Bonchev–Trinajstić information content (AvgIpc) is 1.97. The van der Waals surface area contributed by atoms with Crippen molar-refractivity contribution >= 4 is 17.6 Å². The lowest BCUT2D eigenvalue weighted by atomic mass is 10.1. The summed E-state index contributed by atoms with van der Waals surface area (Å²) in [6.45, 7) is 1.51. The predicted molar refractivity (Wildman–Crippen MR) is 48.6 cm³/mol. The van der Waals surface area contributed by atoms with Crippen LogP contribution in [0, 0.1) is 6.92 Å². The summed E-state index contributed by atoms with van der Waals surface area (Å²) in [7, 11) is 0. The van der Waals surface area contributed by atoms with Crippen molar-refractivity contribution in [1.82, 2.24) is 6.15 Å². The topological polar surface area (TPSA) is 96.9 Å². The summed E-state index contributed by atoms with van der Waals surface area (Å²) in [6, 6.07) is 2.55. The number of halogens is 1. The van der Waals surface area contributed by atoms with E-state index in [0.717, 1.165) is 6.07 Å². The van der Waals surface area contributed by atoms with E-state index >= 15 is 0 Å². The molecule has 0 bridgehead atoms. The summed E-state index contributed by atoms with van der Waals surface area (Å²) in [6.07, 6.45) is 0. The van der Waals surface area contributed by atoms with Crippen molar-refractivity contribution in [3.63, 3.8) is 0 Å². The van der Waals surface area contributed by atoms with Gasteiger partial charge in [-0.25, -0.2) is 4.79 Å². The third-order valence-corrected chi connectivity index (χ3v) is 1.98. The highest BCUT2D eigenvalue weighted by molar-refractivity contribution is 6.31. The fourth-order valence-electron chi connectivity index (χ4n) is 0.927. The predicted octanol–water partition coefficient (Wildman–Crippen LogP) is 1.80. The molecule has 0 unspecified atom stereocenters. The molecular formula is C8H10ClNO3. The minimum absolute atomic E-state index is 0. The van der Waals surface area contributed by atoms with Crippen LogP contribution in [0.15, 0.2) is 12.1 Å². The standard InChI is InChI=1S/C8H7ClO3.H3N/c1-4-5(9)2-3-6(10)7(4)8(11)12;/h2-3,10H,1H3,(H,11,12);1H3. The molecule has 0 aliphatic heterocycles. The van der Waals surface area contributed by atoms with Crippen LogP contribution in [-0.4, -0.2) is 11.1 Å². The molecule has 0 aliphatic rings. The fraction of sp³-hybridized carbons (Fsp3) is 0.125. The summed E-state index contributed by atoms with van der Waals surface area (Å²) < 4.78 is 0. The fourth-order valence-corrected chi connectivity index (χ4v) is 1.08. The number of benzene rings is 1. The summed E-state index contributed by atoms with van der Waals surface area (Å²) in [5, 5.41) is 19.9. The minimum atomic E-state index is -1.24. The second-order valence-corrected chi connectivity index (χ2v) is 2.76. The zero-order chi connectivity index (χ0) is 9.30. The van der Waals surface area contributed by atoms with Crippen molar-refractivity contribution < 1.29 is 15.0 Å². The Bertz CT molecular complexity index is 338. The zero-order valence-electron chi connectivity index (χ0n) is 7.30. The maximum atomic E-state index is 11.0. The Labute approximate surface area is 80.4 Å². The summed E-state index contributed by atoms with van der Waals surface area (Å²) >= 11 is 5.63. The van der Waals surface area contributed by atoms with Crippen LogP contribution in [0.2, 0.25) is 5.02 Å². The highest BCUT2D eigenvalue weighted by atomic mass is 35.5. The molecule has 13 heavy (non-hydrogen) atoms. The SMILES string of the molecule is Cc1c(Cl)ccc([O-])c1C(=O)O.[NH4+]. The Morgan fingerprint density at radius 1 is 1.54 bits per heavy atom. The Balaban J connectivity index is 0.00000144. The van der Waals surface area contributed by atoms with Gasteiger partial charge in [-0.1, -0.05) is 23.4 Å². The molecule has 5 heteroatoms. The van der Waals surface area contributed by atoms with Gasteiger partial charge < -0.3 is 16.4 Å². The molecule has 1 aromatic carbocycles. The van der Waals surface area contributed by atoms with E-state index in [2.05, 4.69) is 0 Å². The second-order valence-electron chi connectivity index (χ2n) is 2.35. The molecule has 0 fully saturated rings. The highest BCUT2D eigenvalue weighted by Crippen LogP contribution is 2.24. The van der Waals surface area contributed by atoms with Gasteiger partial charge in [0.1, 0.15) is 0 Å². The van der Waals surface area contributed by atoms with Gasteiger partial charge in [0.25, 0.3) is 0 Å². The van der Waals surface area contributed by atoms with Crippen LogP contribution >= 0.6 is 11.6 Å². The van der Waals surface area contributed by atoms with E-state index in [1.165, 1.54) is 13.0 Å². The summed E-state index contributed by atoms with van der Waals surface area (Å²) in [4.78, 5) is 10.5. The molecule has 0 aromatic heterocycles. The number of carboxylic acid groups (broad SMARTS) is 1. The third-order valence-electron chi connectivity index (χ3n) is 1.57. The molecule has 1 rings (SSSR count). The van der Waals surface area contributed by atoms with Gasteiger partial charge in [0, 0.05) is 5.02 Å². The van der Waals surface area contributed by atoms with Crippen molar-refractivity contribution in [1.29, 1.82) is 0 Å². The Morgan fingerprint density at radius 2 is 2.08 bits per heavy atom. The van der Waals surface area contributed by atoms with Crippen molar-refractivity contribution in [2.24, 2.45) is 0 Å². The first-order valence-corrected chi connectivity index (χ1v) is 3.61. The normalized spacial score (nSPS) is 9.08. The van der Waals surface area contributed by atoms with Crippen molar-refractivity contribution in [2.45, 2.75) is 6.92 Å². The van der Waals surface area contributed by atoms with Crippen molar-refractivity contribution in [3.05, 3.63) is 28.3 Å². The number of aromatic carboxylic acids is 1. The molecule has 0 amide bonds. The first-order chi connectivity index (χ1) is 5.54. The monoisotopic (exact) mass is 203 g/mol. The lowest BCUT2D eigenvalue weighted by Crippen LogP contribution is -2.06. The smallest absolute Gasteiger partial charge is 0.335 e. The lowest BCUT2D eigenvalue weighted by Gasteiger charge is -2.12. The lowest BCUT2D eigenvalue weighted by molar-refractivity contribution is -0.268. The van der Waals surface area contributed by atoms with E-state index in [4.69, 9.17) is 16.7 Å². The molecule has 0 radical (unpaired) electrons. The van der Waals surface area contributed by atoms with Crippen molar-refractivity contribution in [2.75, 3.05) is 0 Å². The number of carboxylic acids is 1. The van der Waals surface area contributed by atoms with Gasteiger partial charge in [-0.3, -0.25) is 0 Å². The van der Waals surface area contributed by atoms with Crippen LogP contribution in [0.1, 0.15) is 15.9 Å². The van der Waals surface area contributed by atoms with Crippen LogP contribution in [0.3, 0.4) is 0 Å². The highest BCUT2D eigenvalue weighted by Gasteiger charge is 2.09. The summed E-state index contributed by atoms with van der Waals surface area (Å²) in [5.74, 6) is -1.75. The van der Waals surface area contributed by atoms with Gasteiger partial charge in [0.15, 0.2) is 0 Å². The number of carbonyl (C=O) groups is 1. The van der Waals surface area contributed by atoms with Gasteiger partial charge in [0.2, 0.25) is 0 Å². The first kappa shape index (κ1) is 11.7. The second kappa shape index (κ2) is 4.11. The number of rotatable bonds is 1. The molecule has 5 N–H and O–H groups in total. The molecule has 0 atom stereocenters. The minimum Gasteiger partial charge on any atom is -0.872 e. The van der Waals surface area contributed by atoms with E-state index in [0.29, 0.717) is 10.6 Å². The Hall–Kier alpha value is -1.26. The Kier molecular flexibility index (Phi) is 3.71. The molecular weight excluding hydrogens is 194 g/mol. The number of hydrogen-bond donors (Lipinski definition) is 2. The average molecular weight is 204 g/mol. The van der Waals surface area contributed by atoms with Gasteiger partial charge in [-0.15, -0.1) is 0 Å². The van der Waals surface area contributed by atoms with E-state index in [1.54, 1.807) is 0 Å². The molecule has 0 spiro atoms. The molecule has 0 aliphatic carbocycles. The zero-order valence-corrected chi connectivity index (χ0v) is 8.05. The van der Waals surface area contributed by atoms with Crippen LogP contribution in [0.25, 0.3) is 0 Å². The van der Waals surface area contributed by atoms with Gasteiger partial charge in [-0.2, -0.15) is 0 Å². The Morgan fingerprint density at radius 3 is 2.46 bits per heavy atom. The third kappa shape index (κ3) is 2.11. The van der Waals surface area contributed by atoms with Gasteiger partial charge in [-0.05, 0) is 18.6 Å². The van der Waals surface area contributed by atoms with Gasteiger partial charge >= 0.3 is 5.97 Å². The van der Waals surface area contributed by atoms with E-state index in [9.17, 15) is 9.90 Å². The van der Waals surface area contributed by atoms with Crippen molar-refractivity contribution in [3.8, 4) is 5.75 Å². The van der Waals surface area contributed by atoms with E-state index in [1.807, 2.05) is 0 Å². The molecule has 0 saturated heterocycles. The molecule has 1 aromatic rings. The van der Waals surface area contributed by atoms with Crippen LogP contribution in [0.4, 0.5) is 0 Å². The molecule has 0 saturated carbocycles. The first-order valence-electron chi connectivity index (χ1n) is 3.23. The van der Waals surface area contributed by atoms with Crippen LogP contribution in [0.5, 0.6) is 5.75 Å². The maximum Gasteiger partial charge on any atom is 0.335 e.